The quantitative estimate of drug-likeness (QED) is 0.520. The van der Waals surface area contributed by atoms with Gasteiger partial charge < -0.3 is 10.4 Å². The van der Waals surface area contributed by atoms with Gasteiger partial charge in [-0.25, -0.2) is 4.39 Å². The van der Waals surface area contributed by atoms with Gasteiger partial charge in [-0.15, -0.1) is 12.4 Å². The van der Waals surface area contributed by atoms with Crippen LogP contribution in [0.2, 0.25) is 0 Å². The van der Waals surface area contributed by atoms with Gasteiger partial charge in [-0.1, -0.05) is 0 Å². The van der Waals surface area contributed by atoms with Crippen molar-refractivity contribution in [3.63, 3.8) is 0 Å². The monoisotopic (exact) mass is 155 g/mol. The first-order valence-electron chi connectivity index (χ1n) is 2.82. The second kappa shape index (κ2) is 4.04. The maximum Gasteiger partial charge on any atom is 0.115 e. The Hall–Kier alpha value is 0.140. The minimum absolute atomic E-state index is 0. The summed E-state index contributed by atoms with van der Waals surface area (Å²) >= 11 is 0. The summed E-state index contributed by atoms with van der Waals surface area (Å²) in [5, 5.41) is 11.5. The van der Waals surface area contributed by atoms with E-state index in [2.05, 4.69) is 5.32 Å². The van der Waals surface area contributed by atoms with Crippen LogP contribution < -0.4 is 5.32 Å². The molecule has 0 unspecified atom stereocenters. The smallest absolute Gasteiger partial charge is 0.115 e. The summed E-state index contributed by atoms with van der Waals surface area (Å²) in [6.45, 7) is 0.942. The highest BCUT2D eigenvalue weighted by Gasteiger charge is 2.17. The normalized spacial score (nSPS) is 35.3. The van der Waals surface area contributed by atoms with Crippen LogP contribution in [0.25, 0.3) is 0 Å². The van der Waals surface area contributed by atoms with Gasteiger partial charge in [0.05, 0.1) is 6.10 Å². The fourth-order valence-electron chi connectivity index (χ4n) is 0.868. The summed E-state index contributed by atoms with van der Waals surface area (Å²) in [4.78, 5) is 0. The molecule has 0 radical (unpaired) electrons. The predicted molar refractivity (Wildman–Crippen MR) is 35.6 cm³/mol. The van der Waals surface area contributed by atoms with Crippen LogP contribution in [0.15, 0.2) is 0 Å². The number of aliphatic hydroxyl groups excluding tert-OH is 1. The van der Waals surface area contributed by atoms with Crippen LogP contribution in [-0.2, 0) is 0 Å². The van der Waals surface area contributed by atoms with E-state index >= 15 is 0 Å². The van der Waals surface area contributed by atoms with E-state index in [1.54, 1.807) is 0 Å². The molecule has 0 aliphatic carbocycles. The minimum atomic E-state index is -0.848. The molecule has 1 heterocycles. The van der Waals surface area contributed by atoms with E-state index in [0.717, 1.165) is 0 Å². The predicted octanol–water partition coefficient (Wildman–Crippen LogP) is 0.100. The standard InChI is InChI=1S/C5H10FNO.ClH/c6-4-1-5(8)3-7-2-4;/h4-5,7-8H,1-3H2;1H/t4-,5-;/m0./s1. The molecule has 2 nitrogen and oxygen atoms in total. The summed E-state index contributed by atoms with van der Waals surface area (Å²) in [6, 6.07) is 0. The van der Waals surface area contributed by atoms with Crippen molar-refractivity contribution < 1.29 is 9.50 Å². The Kier molecular flexibility index (Phi) is 4.10. The van der Waals surface area contributed by atoms with Crippen LogP contribution in [-0.4, -0.2) is 30.5 Å². The minimum Gasteiger partial charge on any atom is -0.392 e. The molecule has 0 aromatic carbocycles. The number of nitrogens with one attached hydrogen (secondary N) is 1. The fraction of sp³-hybridized carbons (Fsp3) is 1.00. The Morgan fingerprint density at radius 3 is 2.44 bits per heavy atom. The highest BCUT2D eigenvalue weighted by molar-refractivity contribution is 5.85. The number of halogens is 2. The van der Waals surface area contributed by atoms with Gasteiger partial charge in [0.15, 0.2) is 0 Å². The van der Waals surface area contributed by atoms with Crippen molar-refractivity contribution in [2.75, 3.05) is 13.1 Å². The molecule has 0 bridgehead atoms. The molecule has 4 heteroatoms. The Labute approximate surface area is 59.9 Å². The highest BCUT2D eigenvalue weighted by atomic mass is 35.5. The van der Waals surface area contributed by atoms with E-state index < -0.39 is 12.3 Å². The molecule has 56 valence electrons. The summed E-state index contributed by atoms with van der Waals surface area (Å²) < 4.78 is 12.2. The van der Waals surface area contributed by atoms with Crippen molar-refractivity contribution in [2.24, 2.45) is 0 Å². The van der Waals surface area contributed by atoms with Crippen molar-refractivity contribution in [3.05, 3.63) is 0 Å². The van der Waals surface area contributed by atoms with Crippen LogP contribution in [0, 0.1) is 0 Å². The fourth-order valence-corrected chi connectivity index (χ4v) is 0.868. The lowest BCUT2D eigenvalue weighted by Gasteiger charge is -2.20. The Morgan fingerprint density at radius 2 is 2.11 bits per heavy atom. The first-order chi connectivity index (χ1) is 3.79. The zero-order valence-electron chi connectivity index (χ0n) is 5.01. The van der Waals surface area contributed by atoms with Crippen molar-refractivity contribution in [1.29, 1.82) is 0 Å². The number of alkyl halides is 1. The van der Waals surface area contributed by atoms with Crippen molar-refractivity contribution in [1.82, 2.24) is 5.32 Å². The van der Waals surface area contributed by atoms with E-state index in [9.17, 15) is 4.39 Å². The average Bonchev–Trinajstić information content (AvgIpc) is 1.64. The van der Waals surface area contributed by atoms with Crippen LogP contribution in [0.5, 0.6) is 0 Å². The van der Waals surface area contributed by atoms with E-state index in [0.29, 0.717) is 19.5 Å². The topological polar surface area (TPSA) is 32.3 Å². The maximum absolute atomic E-state index is 12.2. The Morgan fingerprint density at radius 1 is 1.44 bits per heavy atom. The molecule has 0 aromatic heterocycles. The number of aliphatic hydroxyl groups is 1. The summed E-state index contributed by atoms with van der Waals surface area (Å²) in [5.74, 6) is 0. The van der Waals surface area contributed by atoms with Crippen molar-refractivity contribution in [2.45, 2.75) is 18.7 Å². The van der Waals surface area contributed by atoms with Crippen molar-refractivity contribution >= 4 is 12.4 Å². The summed E-state index contributed by atoms with van der Waals surface area (Å²) in [6.07, 6.45) is -1.02. The number of hydrogen-bond donors (Lipinski definition) is 2. The van der Waals surface area contributed by atoms with Gasteiger partial charge in [0.25, 0.3) is 0 Å². The van der Waals surface area contributed by atoms with E-state index in [1.807, 2.05) is 0 Å². The van der Waals surface area contributed by atoms with Crippen molar-refractivity contribution in [3.8, 4) is 0 Å². The third kappa shape index (κ3) is 2.98. The molecule has 1 saturated heterocycles. The first kappa shape index (κ1) is 9.14. The van der Waals surface area contributed by atoms with E-state index in [1.165, 1.54) is 0 Å². The molecule has 1 fully saturated rings. The molecular weight excluding hydrogens is 145 g/mol. The first-order valence-corrected chi connectivity index (χ1v) is 2.82. The Balaban J connectivity index is 0.000000640. The van der Waals surface area contributed by atoms with Crippen LogP contribution in [0.3, 0.4) is 0 Å². The van der Waals surface area contributed by atoms with Crippen LogP contribution in [0.4, 0.5) is 4.39 Å². The highest BCUT2D eigenvalue weighted by Crippen LogP contribution is 2.04. The number of rotatable bonds is 0. The second-order valence-corrected chi connectivity index (χ2v) is 2.15. The average molecular weight is 156 g/mol. The third-order valence-electron chi connectivity index (χ3n) is 1.27. The SMILES string of the molecule is Cl.O[C@@H]1CNC[C@@H](F)C1. The molecule has 2 N–H and O–H groups in total. The lowest BCUT2D eigenvalue weighted by atomic mass is 10.1. The molecule has 1 aliphatic heterocycles. The molecule has 1 rings (SSSR count). The van der Waals surface area contributed by atoms with Gasteiger partial charge >= 0.3 is 0 Å². The number of piperidine rings is 1. The molecule has 0 saturated carbocycles. The summed E-state index contributed by atoms with van der Waals surface area (Å²) in [5.41, 5.74) is 0. The Bertz CT molecular complexity index is 75.4. The zero-order valence-corrected chi connectivity index (χ0v) is 5.83. The van der Waals surface area contributed by atoms with Crippen LogP contribution >= 0.6 is 12.4 Å². The lowest BCUT2D eigenvalue weighted by molar-refractivity contribution is 0.0967. The van der Waals surface area contributed by atoms with Gasteiger partial charge in [0.2, 0.25) is 0 Å². The van der Waals surface area contributed by atoms with Gasteiger partial charge in [0, 0.05) is 19.5 Å². The van der Waals surface area contributed by atoms with Gasteiger partial charge in [-0.3, -0.25) is 0 Å². The number of β-amino-alcohol motifs (C(OH)–C–C–N with tert-alkyl or cyclic N) is 1. The van der Waals surface area contributed by atoms with E-state index in [-0.39, 0.29) is 12.4 Å². The molecule has 1 aliphatic rings. The molecular formula is C5H11ClFNO. The lowest BCUT2D eigenvalue weighted by Crippen LogP contribution is -2.40. The van der Waals surface area contributed by atoms with Crippen LogP contribution in [0.1, 0.15) is 6.42 Å². The zero-order chi connectivity index (χ0) is 5.98. The van der Waals surface area contributed by atoms with E-state index in [4.69, 9.17) is 5.11 Å². The maximum atomic E-state index is 12.2. The van der Waals surface area contributed by atoms with Gasteiger partial charge in [-0.05, 0) is 0 Å². The molecule has 0 aromatic rings. The second-order valence-electron chi connectivity index (χ2n) is 2.15. The van der Waals surface area contributed by atoms with Gasteiger partial charge in [-0.2, -0.15) is 0 Å². The molecule has 2 atom stereocenters. The third-order valence-corrected chi connectivity index (χ3v) is 1.27. The van der Waals surface area contributed by atoms with Gasteiger partial charge in [0.1, 0.15) is 6.17 Å². The largest absolute Gasteiger partial charge is 0.392 e. The molecule has 0 amide bonds. The summed E-state index contributed by atoms with van der Waals surface area (Å²) in [7, 11) is 0. The molecule has 9 heavy (non-hydrogen) atoms. The number of hydrogen-bond acceptors (Lipinski definition) is 2. The molecule has 0 spiro atoms.